The van der Waals surface area contributed by atoms with Crippen molar-refractivity contribution >= 4 is 23.3 Å². The highest BCUT2D eigenvalue weighted by Crippen LogP contribution is 2.29. The summed E-state index contributed by atoms with van der Waals surface area (Å²) in [5.41, 5.74) is 1.85. The van der Waals surface area contributed by atoms with Gasteiger partial charge in [-0.3, -0.25) is 19.3 Å². The molecule has 1 aliphatic heterocycles. The Hall–Kier alpha value is -2.17. The maximum atomic E-state index is 11.9. The molecule has 5 nitrogen and oxygen atoms in total. The molecule has 0 saturated heterocycles. The van der Waals surface area contributed by atoms with Gasteiger partial charge in [0.05, 0.1) is 11.3 Å². The SMILES string of the molecule is Cc1ccc2c(c1)C(=O)C(=O)N2CC(=O)NC1CC1. The van der Waals surface area contributed by atoms with Gasteiger partial charge in [-0.15, -0.1) is 0 Å². The molecule has 1 aliphatic carbocycles. The molecule has 2 amide bonds. The Balaban J connectivity index is 1.84. The van der Waals surface area contributed by atoms with E-state index in [1.54, 1.807) is 12.1 Å². The molecule has 2 aliphatic rings. The van der Waals surface area contributed by atoms with E-state index in [9.17, 15) is 14.4 Å². The van der Waals surface area contributed by atoms with Crippen LogP contribution in [0.25, 0.3) is 0 Å². The summed E-state index contributed by atoms with van der Waals surface area (Å²) >= 11 is 0. The summed E-state index contributed by atoms with van der Waals surface area (Å²) in [5, 5.41) is 2.81. The lowest BCUT2D eigenvalue weighted by Crippen LogP contribution is -2.40. The number of benzene rings is 1. The summed E-state index contributed by atoms with van der Waals surface area (Å²) < 4.78 is 0. The second kappa shape index (κ2) is 4.19. The van der Waals surface area contributed by atoms with Crippen LogP contribution in [-0.4, -0.2) is 30.2 Å². The minimum absolute atomic E-state index is 0.0862. The zero-order chi connectivity index (χ0) is 13.6. The largest absolute Gasteiger partial charge is 0.352 e. The second-order valence-corrected chi connectivity index (χ2v) is 5.08. The van der Waals surface area contributed by atoms with Crippen molar-refractivity contribution in [2.75, 3.05) is 11.4 Å². The van der Waals surface area contributed by atoms with E-state index in [0.717, 1.165) is 18.4 Å². The minimum atomic E-state index is -0.619. The highest BCUT2D eigenvalue weighted by Gasteiger charge is 2.37. The van der Waals surface area contributed by atoms with E-state index in [2.05, 4.69) is 5.32 Å². The van der Waals surface area contributed by atoms with Crippen molar-refractivity contribution in [3.8, 4) is 0 Å². The van der Waals surface area contributed by atoms with Crippen LogP contribution in [0.2, 0.25) is 0 Å². The third-order valence-corrected chi connectivity index (χ3v) is 3.37. The van der Waals surface area contributed by atoms with E-state index < -0.39 is 11.7 Å². The molecule has 0 radical (unpaired) electrons. The number of hydrogen-bond donors (Lipinski definition) is 1. The lowest BCUT2D eigenvalue weighted by atomic mass is 10.1. The Bertz CT molecular complexity index is 590. The molecule has 1 heterocycles. The number of amides is 2. The van der Waals surface area contributed by atoms with Crippen LogP contribution in [0, 0.1) is 6.92 Å². The third-order valence-electron chi connectivity index (χ3n) is 3.37. The number of fused-ring (bicyclic) bond motifs is 1. The lowest BCUT2D eigenvalue weighted by Gasteiger charge is -2.16. The van der Waals surface area contributed by atoms with Crippen LogP contribution in [0.3, 0.4) is 0 Å². The van der Waals surface area contributed by atoms with Crippen LogP contribution in [0.4, 0.5) is 5.69 Å². The molecule has 0 unspecified atom stereocenters. The van der Waals surface area contributed by atoms with Gasteiger partial charge >= 0.3 is 0 Å². The van der Waals surface area contributed by atoms with Gasteiger partial charge < -0.3 is 5.32 Å². The molecular formula is C14H14N2O3. The standard InChI is InChI=1S/C14H14N2O3/c1-8-2-5-11-10(6-8)13(18)14(19)16(11)7-12(17)15-9-3-4-9/h2,5-6,9H,3-4,7H2,1H3,(H,15,17). The Kier molecular flexibility index (Phi) is 2.62. The number of rotatable bonds is 3. The summed E-state index contributed by atoms with van der Waals surface area (Å²) in [4.78, 5) is 36.8. The average molecular weight is 258 g/mol. The highest BCUT2D eigenvalue weighted by molar-refractivity contribution is 6.52. The maximum Gasteiger partial charge on any atom is 0.299 e. The number of aryl methyl sites for hydroxylation is 1. The first-order valence-corrected chi connectivity index (χ1v) is 6.32. The summed E-state index contributed by atoms with van der Waals surface area (Å²) in [6, 6.07) is 5.49. The topological polar surface area (TPSA) is 66.5 Å². The van der Waals surface area contributed by atoms with E-state index in [0.29, 0.717) is 11.3 Å². The fourth-order valence-electron chi connectivity index (χ4n) is 2.22. The van der Waals surface area contributed by atoms with E-state index in [1.165, 1.54) is 4.90 Å². The molecule has 1 saturated carbocycles. The predicted octanol–water partition coefficient (Wildman–Crippen LogP) is 0.803. The Labute approximate surface area is 110 Å². The number of anilines is 1. The van der Waals surface area contributed by atoms with Gasteiger partial charge in [0.25, 0.3) is 11.7 Å². The second-order valence-electron chi connectivity index (χ2n) is 5.08. The van der Waals surface area contributed by atoms with E-state index in [-0.39, 0.29) is 18.5 Å². The van der Waals surface area contributed by atoms with Crippen molar-refractivity contribution in [1.82, 2.24) is 5.32 Å². The number of carbonyl (C=O) groups excluding carboxylic acids is 3. The van der Waals surface area contributed by atoms with Crippen molar-refractivity contribution in [2.45, 2.75) is 25.8 Å². The van der Waals surface area contributed by atoms with Crippen LogP contribution in [0.1, 0.15) is 28.8 Å². The summed E-state index contributed by atoms with van der Waals surface area (Å²) in [5.74, 6) is -1.36. The minimum Gasteiger partial charge on any atom is -0.352 e. The van der Waals surface area contributed by atoms with Crippen LogP contribution in [-0.2, 0) is 9.59 Å². The molecule has 1 aromatic rings. The zero-order valence-electron chi connectivity index (χ0n) is 10.6. The van der Waals surface area contributed by atoms with Gasteiger partial charge in [0.15, 0.2) is 0 Å². The first-order valence-electron chi connectivity index (χ1n) is 6.32. The van der Waals surface area contributed by atoms with E-state index >= 15 is 0 Å². The fourth-order valence-corrected chi connectivity index (χ4v) is 2.22. The summed E-state index contributed by atoms with van der Waals surface area (Å²) in [6.07, 6.45) is 1.99. The quantitative estimate of drug-likeness (QED) is 0.816. The van der Waals surface area contributed by atoms with Gasteiger partial charge in [-0.1, -0.05) is 11.6 Å². The Morgan fingerprint density at radius 2 is 2.11 bits per heavy atom. The Morgan fingerprint density at radius 1 is 1.37 bits per heavy atom. The number of Topliss-reactive ketones (excluding diaryl/α,β-unsaturated/α-hetero) is 1. The summed E-state index contributed by atoms with van der Waals surface area (Å²) in [6.45, 7) is 1.78. The van der Waals surface area contributed by atoms with Gasteiger partial charge in [-0.25, -0.2) is 0 Å². The van der Waals surface area contributed by atoms with Crippen LogP contribution >= 0.6 is 0 Å². The molecule has 0 aromatic heterocycles. The highest BCUT2D eigenvalue weighted by atomic mass is 16.2. The monoisotopic (exact) mass is 258 g/mol. The van der Waals surface area contributed by atoms with E-state index in [4.69, 9.17) is 0 Å². The number of nitrogens with one attached hydrogen (secondary N) is 1. The van der Waals surface area contributed by atoms with Crippen LogP contribution in [0.15, 0.2) is 18.2 Å². The van der Waals surface area contributed by atoms with Crippen LogP contribution in [0.5, 0.6) is 0 Å². The number of ketones is 1. The molecule has 3 rings (SSSR count). The number of hydrogen-bond acceptors (Lipinski definition) is 3. The zero-order valence-corrected chi connectivity index (χ0v) is 10.6. The van der Waals surface area contributed by atoms with Gasteiger partial charge in [-0.05, 0) is 31.9 Å². The van der Waals surface area contributed by atoms with Gasteiger partial charge in [-0.2, -0.15) is 0 Å². The molecule has 0 atom stereocenters. The van der Waals surface area contributed by atoms with Crippen molar-refractivity contribution in [3.05, 3.63) is 29.3 Å². The molecule has 98 valence electrons. The van der Waals surface area contributed by atoms with Crippen molar-refractivity contribution in [2.24, 2.45) is 0 Å². The first kappa shape index (κ1) is 11.9. The molecular weight excluding hydrogens is 244 g/mol. The molecule has 1 fully saturated rings. The molecule has 1 N–H and O–H groups in total. The molecule has 19 heavy (non-hydrogen) atoms. The smallest absolute Gasteiger partial charge is 0.299 e. The predicted molar refractivity (Wildman–Crippen MR) is 69.0 cm³/mol. The normalized spacial score (nSPS) is 17.6. The number of carbonyl (C=O) groups is 3. The van der Waals surface area contributed by atoms with Crippen molar-refractivity contribution < 1.29 is 14.4 Å². The van der Waals surface area contributed by atoms with Crippen molar-refractivity contribution in [1.29, 1.82) is 0 Å². The molecule has 0 spiro atoms. The average Bonchev–Trinajstić information content (AvgIpc) is 3.14. The first-order chi connectivity index (χ1) is 9.06. The van der Waals surface area contributed by atoms with E-state index in [1.807, 2.05) is 13.0 Å². The molecule has 5 heteroatoms. The lowest BCUT2D eigenvalue weighted by molar-refractivity contribution is -0.122. The molecule has 1 aromatic carbocycles. The van der Waals surface area contributed by atoms with Gasteiger partial charge in [0.2, 0.25) is 5.91 Å². The number of nitrogens with zero attached hydrogens (tertiary/aromatic N) is 1. The summed E-state index contributed by atoms with van der Waals surface area (Å²) in [7, 11) is 0. The molecule has 0 bridgehead atoms. The van der Waals surface area contributed by atoms with Crippen LogP contribution < -0.4 is 10.2 Å². The van der Waals surface area contributed by atoms with Gasteiger partial charge in [0, 0.05) is 6.04 Å². The van der Waals surface area contributed by atoms with Gasteiger partial charge in [0.1, 0.15) is 6.54 Å². The third kappa shape index (κ3) is 2.12. The fraction of sp³-hybridized carbons (Fsp3) is 0.357. The maximum absolute atomic E-state index is 11.9. The Morgan fingerprint density at radius 3 is 2.79 bits per heavy atom. The van der Waals surface area contributed by atoms with Crippen molar-refractivity contribution in [3.63, 3.8) is 0 Å².